The van der Waals surface area contributed by atoms with Crippen molar-refractivity contribution < 1.29 is 13.7 Å². The van der Waals surface area contributed by atoms with Gasteiger partial charge in [-0.3, -0.25) is 0 Å². The van der Waals surface area contributed by atoms with Gasteiger partial charge in [0.25, 0.3) is 0 Å². The molecule has 0 saturated carbocycles. The molecule has 2 heterocycles. The maximum atomic E-state index is 6.58. The highest BCUT2D eigenvalue weighted by Gasteiger charge is 2.52. The number of hydrogen-bond donors (Lipinski definition) is 0. The minimum atomic E-state index is -1.83. The molecule has 152 valence electrons. The summed E-state index contributed by atoms with van der Waals surface area (Å²) in [5, 5.41) is 0.186. The van der Waals surface area contributed by atoms with E-state index in [1.165, 1.54) is 0 Å². The van der Waals surface area contributed by atoms with Crippen LogP contribution in [-0.2, 0) is 20.2 Å². The topological polar surface area (TPSA) is 53.5 Å². The maximum absolute atomic E-state index is 6.58. The van der Waals surface area contributed by atoms with Gasteiger partial charge in [-0.2, -0.15) is 0 Å². The molecule has 1 aliphatic heterocycles. The number of nitrogens with zero attached hydrogens (tertiary/aromatic N) is 2. The average Bonchev–Trinajstić information content (AvgIpc) is 2.74. The lowest BCUT2D eigenvalue weighted by molar-refractivity contribution is 0.00578. The minimum absolute atomic E-state index is 0.124. The molecule has 0 aliphatic carbocycles. The fourth-order valence-electron chi connectivity index (χ4n) is 2.67. The smallest absolute Gasteiger partial charge is 0.413 e. The summed E-state index contributed by atoms with van der Waals surface area (Å²) in [6.45, 7) is 21.7. The first-order valence-electron chi connectivity index (χ1n) is 10.0. The van der Waals surface area contributed by atoms with Gasteiger partial charge < -0.3 is 13.7 Å². The van der Waals surface area contributed by atoms with Gasteiger partial charge >= 0.3 is 7.12 Å². The summed E-state index contributed by atoms with van der Waals surface area (Å²) >= 11 is 0. The van der Waals surface area contributed by atoms with E-state index >= 15 is 0 Å². The monoisotopic (exact) mass is 392 g/mol. The number of hydrogen-bond acceptors (Lipinski definition) is 5. The van der Waals surface area contributed by atoms with Crippen molar-refractivity contribution in [1.82, 2.24) is 9.97 Å². The van der Waals surface area contributed by atoms with Gasteiger partial charge in [0.1, 0.15) is 5.82 Å². The zero-order valence-electron chi connectivity index (χ0n) is 18.8. The lowest BCUT2D eigenvalue weighted by atomic mass is 9.84. The fraction of sp³-hybridized carbons (Fsp3) is 0.800. The van der Waals surface area contributed by atoms with Crippen molar-refractivity contribution in [3.8, 4) is 0 Å². The summed E-state index contributed by atoms with van der Waals surface area (Å²) in [4.78, 5) is 9.22. The molecule has 1 atom stereocenters. The fourth-order valence-corrected chi connectivity index (χ4v) is 4.11. The molecule has 1 fully saturated rings. The van der Waals surface area contributed by atoms with Crippen LogP contribution in [0.3, 0.4) is 0 Å². The van der Waals surface area contributed by atoms with Crippen LogP contribution < -0.4 is 5.59 Å². The van der Waals surface area contributed by atoms with Crippen LogP contribution in [-0.4, -0.2) is 42.7 Å². The average molecular weight is 392 g/mol. The van der Waals surface area contributed by atoms with Gasteiger partial charge in [-0.15, -0.1) is 0 Å². The summed E-state index contributed by atoms with van der Waals surface area (Å²) in [5.41, 5.74) is 0.0289. The highest BCUT2D eigenvalue weighted by Crippen LogP contribution is 2.38. The van der Waals surface area contributed by atoms with E-state index in [-0.39, 0.29) is 22.3 Å². The Labute approximate surface area is 166 Å². The van der Waals surface area contributed by atoms with Crippen LogP contribution in [0.25, 0.3) is 0 Å². The van der Waals surface area contributed by atoms with Gasteiger partial charge in [0, 0.05) is 12.6 Å². The van der Waals surface area contributed by atoms with E-state index in [4.69, 9.17) is 18.7 Å². The van der Waals surface area contributed by atoms with Crippen LogP contribution in [0.5, 0.6) is 0 Å². The summed E-state index contributed by atoms with van der Waals surface area (Å²) < 4.78 is 18.8. The van der Waals surface area contributed by atoms with Crippen LogP contribution in [0.2, 0.25) is 18.1 Å². The van der Waals surface area contributed by atoms with E-state index in [9.17, 15) is 0 Å². The van der Waals surface area contributed by atoms with Crippen molar-refractivity contribution >= 4 is 21.0 Å². The van der Waals surface area contributed by atoms with E-state index in [1.807, 2.05) is 6.07 Å². The largest absolute Gasteiger partial charge is 0.514 e. The molecule has 1 aliphatic rings. The zero-order chi connectivity index (χ0) is 20.7. The molecule has 1 aromatic rings. The van der Waals surface area contributed by atoms with Gasteiger partial charge in [-0.25, -0.2) is 9.97 Å². The molecule has 5 nitrogen and oxygen atoms in total. The molecular formula is C20H37BN2O3Si. The summed E-state index contributed by atoms with van der Waals surface area (Å²) in [6, 6.07) is 1.88. The molecule has 0 bridgehead atoms. The molecule has 1 aromatic heterocycles. The molecule has 0 radical (unpaired) electrons. The molecule has 1 unspecified atom stereocenters. The predicted octanol–water partition coefficient (Wildman–Crippen LogP) is 4.12. The van der Waals surface area contributed by atoms with Crippen molar-refractivity contribution in [3.63, 3.8) is 0 Å². The second kappa shape index (κ2) is 7.58. The third-order valence-corrected chi connectivity index (χ3v) is 10.9. The molecule has 27 heavy (non-hydrogen) atoms. The molecule has 0 N–H and O–H groups in total. The Hall–Kier alpha value is -0.758. The highest BCUT2D eigenvalue weighted by molar-refractivity contribution is 6.74. The molecule has 1 saturated heterocycles. The van der Waals surface area contributed by atoms with E-state index in [2.05, 4.69) is 73.5 Å². The Balaban J connectivity index is 2.13. The summed E-state index contributed by atoms with van der Waals surface area (Å²) in [6.07, 6.45) is 3.56. The van der Waals surface area contributed by atoms with Gasteiger partial charge in [-0.05, 0) is 58.3 Å². The van der Waals surface area contributed by atoms with Crippen molar-refractivity contribution in [2.75, 3.05) is 0 Å². The molecule has 0 amide bonds. The Morgan fingerprint density at radius 2 is 1.70 bits per heavy atom. The third kappa shape index (κ3) is 5.00. The first-order valence-corrected chi connectivity index (χ1v) is 12.9. The second-order valence-corrected chi connectivity index (χ2v) is 14.9. The van der Waals surface area contributed by atoms with Gasteiger partial charge in [0.15, 0.2) is 8.32 Å². The summed E-state index contributed by atoms with van der Waals surface area (Å²) in [7, 11) is -2.29. The van der Waals surface area contributed by atoms with E-state index in [0.717, 1.165) is 17.8 Å². The van der Waals surface area contributed by atoms with Crippen LogP contribution in [0.1, 0.15) is 67.6 Å². The molecule has 0 spiro atoms. The van der Waals surface area contributed by atoms with Crippen LogP contribution in [0.4, 0.5) is 0 Å². The lowest BCUT2D eigenvalue weighted by Crippen LogP contribution is -2.44. The van der Waals surface area contributed by atoms with E-state index < -0.39 is 15.4 Å². The van der Waals surface area contributed by atoms with Crippen molar-refractivity contribution in [2.24, 2.45) is 0 Å². The normalized spacial score (nSPS) is 20.7. The molecular weight excluding hydrogens is 355 g/mol. The number of rotatable bonds is 6. The minimum Gasteiger partial charge on any atom is -0.413 e. The highest BCUT2D eigenvalue weighted by atomic mass is 28.4. The molecule has 7 heteroatoms. The Kier molecular flexibility index (Phi) is 6.32. The van der Waals surface area contributed by atoms with Gasteiger partial charge in [0.2, 0.25) is 0 Å². The summed E-state index contributed by atoms with van der Waals surface area (Å²) in [5.74, 6) is 0.785. The zero-order valence-corrected chi connectivity index (χ0v) is 19.8. The molecule has 0 aromatic carbocycles. The quantitative estimate of drug-likeness (QED) is 0.682. The SMILES string of the molecule is CCC(Cc1nccc(B2OC(C)(C)C(C)(C)O2)n1)O[Si](C)(C)C(C)(C)C. The number of aromatic nitrogens is 2. The van der Waals surface area contributed by atoms with Crippen molar-refractivity contribution in [3.05, 3.63) is 18.1 Å². The lowest BCUT2D eigenvalue weighted by Gasteiger charge is -2.39. The molecule has 2 rings (SSSR count). The van der Waals surface area contributed by atoms with Crippen molar-refractivity contribution in [1.29, 1.82) is 0 Å². The Bertz CT molecular complexity index is 643. The standard InChI is InChI=1S/C20H37BN2O3Si/c1-11-15(24-27(9,10)18(2,3)4)14-17-22-13-12-16(23-17)21-25-19(5,6)20(7,8)26-21/h12-13,15H,11,14H2,1-10H3. The Morgan fingerprint density at radius 3 is 2.19 bits per heavy atom. The van der Waals surface area contributed by atoms with Gasteiger partial charge in [0.05, 0.1) is 22.9 Å². The van der Waals surface area contributed by atoms with Crippen LogP contribution >= 0.6 is 0 Å². The second-order valence-electron chi connectivity index (χ2n) is 10.1. The van der Waals surface area contributed by atoms with Crippen LogP contribution in [0, 0.1) is 0 Å². The van der Waals surface area contributed by atoms with E-state index in [0.29, 0.717) is 6.42 Å². The Morgan fingerprint density at radius 1 is 1.15 bits per heavy atom. The van der Waals surface area contributed by atoms with Crippen LogP contribution in [0.15, 0.2) is 12.3 Å². The predicted molar refractivity (Wildman–Crippen MR) is 114 cm³/mol. The van der Waals surface area contributed by atoms with E-state index in [1.54, 1.807) is 6.20 Å². The van der Waals surface area contributed by atoms with Crippen molar-refractivity contribution in [2.45, 2.75) is 104 Å². The first-order chi connectivity index (χ1) is 12.2. The third-order valence-electron chi connectivity index (χ3n) is 6.35. The maximum Gasteiger partial charge on any atom is 0.514 e. The van der Waals surface area contributed by atoms with Gasteiger partial charge in [-0.1, -0.05) is 27.7 Å². The first kappa shape index (κ1) is 22.5.